The summed E-state index contributed by atoms with van der Waals surface area (Å²) >= 11 is 0. The summed E-state index contributed by atoms with van der Waals surface area (Å²) < 4.78 is 10.4. The molecule has 0 saturated carbocycles. The van der Waals surface area contributed by atoms with E-state index in [1.807, 2.05) is 0 Å². The third-order valence-electron chi connectivity index (χ3n) is 3.17. The lowest BCUT2D eigenvalue weighted by atomic mass is 9.83. The lowest BCUT2D eigenvalue weighted by molar-refractivity contribution is -0.126. The Morgan fingerprint density at radius 2 is 2.35 bits per heavy atom. The van der Waals surface area contributed by atoms with Gasteiger partial charge in [0.2, 0.25) is 0 Å². The zero-order valence-corrected chi connectivity index (χ0v) is 10.6. The van der Waals surface area contributed by atoms with Crippen molar-refractivity contribution in [2.45, 2.75) is 12.8 Å². The van der Waals surface area contributed by atoms with Gasteiger partial charge in [0.25, 0.3) is 0 Å². The molecule has 1 aliphatic rings. The summed E-state index contributed by atoms with van der Waals surface area (Å²) in [5.74, 6) is 0. The van der Waals surface area contributed by atoms with E-state index in [0.717, 1.165) is 32.3 Å². The quantitative estimate of drug-likeness (QED) is 0.606. The summed E-state index contributed by atoms with van der Waals surface area (Å²) in [6, 6.07) is 0. The molecule has 1 N–H and O–H groups in total. The van der Waals surface area contributed by atoms with E-state index < -0.39 is 5.41 Å². The van der Waals surface area contributed by atoms with Crippen LogP contribution in [-0.2, 0) is 14.3 Å². The Kier molecular flexibility index (Phi) is 6.65. The molecule has 1 saturated heterocycles. The number of hydrogen-bond donors (Lipinski definition) is 1. The van der Waals surface area contributed by atoms with Crippen molar-refractivity contribution in [3.05, 3.63) is 0 Å². The van der Waals surface area contributed by atoms with Crippen LogP contribution in [0.3, 0.4) is 0 Å². The topological polar surface area (TPSA) is 59.0 Å². The number of ether oxygens (including phenoxy) is 2. The highest BCUT2D eigenvalue weighted by atomic mass is 16.5. The van der Waals surface area contributed by atoms with Crippen molar-refractivity contribution >= 4 is 6.29 Å². The lowest BCUT2D eigenvalue weighted by Crippen LogP contribution is -2.46. The largest absolute Gasteiger partial charge is 0.395 e. The number of nitrogens with zero attached hydrogens (tertiary/aromatic N) is 1. The Bertz CT molecular complexity index is 217. The highest BCUT2D eigenvalue weighted by Crippen LogP contribution is 2.27. The van der Waals surface area contributed by atoms with Gasteiger partial charge < -0.3 is 19.4 Å². The predicted octanol–water partition coefficient (Wildman–Crippen LogP) is -0.0772. The van der Waals surface area contributed by atoms with Crippen molar-refractivity contribution < 1.29 is 19.4 Å². The molecule has 1 aliphatic heterocycles. The highest BCUT2D eigenvalue weighted by molar-refractivity contribution is 5.60. The van der Waals surface area contributed by atoms with E-state index in [2.05, 4.69) is 4.90 Å². The number of hydrogen-bond acceptors (Lipinski definition) is 5. The second-order valence-electron chi connectivity index (χ2n) is 4.63. The molecule has 0 aromatic carbocycles. The Labute approximate surface area is 103 Å². The van der Waals surface area contributed by atoms with E-state index >= 15 is 0 Å². The smallest absolute Gasteiger partial charge is 0.129 e. The first-order valence-electron chi connectivity index (χ1n) is 6.12. The van der Waals surface area contributed by atoms with Crippen molar-refractivity contribution in [2.24, 2.45) is 5.41 Å². The summed E-state index contributed by atoms with van der Waals surface area (Å²) in [7, 11) is 1.65. The van der Waals surface area contributed by atoms with Crippen molar-refractivity contribution in [3.63, 3.8) is 0 Å². The molecule has 17 heavy (non-hydrogen) atoms. The maximum atomic E-state index is 11.3. The molecule has 1 atom stereocenters. The molecule has 1 rings (SSSR count). The third kappa shape index (κ3) is 4.71. The maximum Gasteiger partial charge on any atom is 0.129 e. The number of rotatable bonds is 8. The number of methoxy groups -OCH3 is 1. The fourth-order valence-corrected chi connectivity index (χ4v) is 2.21. The van der Waals surface area contributed by atoms with Crippen LogP contribution in [0.4, 0.5) is 0 Å². The Morgan fingerprint density at radius 3 is 2.88 bits per heavy atom. The Balaban J connectivity index is 2.51. The molecule has 0 spiro atoms. The molecule has 5 heteroatoms. The summed E-state index contributed by atoms with van der Waals surface area (Å²) in [6.45, 7) is 3.88. The Hall–Kier alpha value is -0.490. The average Bonchev–Trinajstić information content (AvgIpc) is 2.37. The molecular weight excluding hydrogens is 222 g/mol. The van der Waals surface area contributed by atoms with Crippen LogP contribution in [0.1, 0.15) is 12.8 Å². The van der Waals surface area contributed by atoms with Crippen LogP contribution >= 0.6 is 0 Å². The standard InChI is InChI=1S/C12H23NO4/c1-16-8-5-13(4-6-14)9-12(10-15)3-2-7-17-11-12/h10,14H,2-9,11H2,1H3. The van der Waals surface area contributed by atoms with Gasteiger partial charge in [0, 0.05) is 33.4 Å². The second kappa shape index (κ2) is 7.76. The molecule has 0 amide bonds. The van der Waals surface area contributed by atoms with Crippen molar-refractivity contribution in [1.29, 1.82) is 0 Å². The molecular formula is C12H23NO4. The first kappa shape index (κ1) is 14.6. The number of aldehydes is 1. The van der Waals surface area contributed by atoms with Crippen LogP contribution in [0.5, 0.6) is 0 Å². The van der Waals surface area contributed by atoms with E-state index in [1.54, 1.807) is 7.11 Å². The molecule has 0 aromatic rings. The first-order chi connectivity index (χ1) is 8.26. The summed E-state index contributed by atoms with van der Waals surface area (Å²) in [5, 5.41) is 9.02. The van der Waals surface area contributed by atoms with Crippen molar-refractivity contribution in [2.75, 3.05) is 53.2 Å². The van der Waals surface area contributed by atoms with E-state index in [-0.39, 0.29) is 6.61 Å². The molecule has 0 radical (unpaired) electrons. The summed E-state index contributed by atoms with van der Waals surface area (Å²) in [5.41, 5.74) is -0.402. The monoisotopic (exact) mass is 245 g/mol. The molecule has 0 aromatic heterocycles. The average molecular weight is 245 g/mol. The van der Waals surface area contributed by atoms with Gasteiger partial charge in [-0.05, 0) is 12.8 Å². The van der Waals surface area contributed by atoms with Gasteiger partial charge in [0.15, 0.2) is 0 Å². The fraction of sp³-hybridized carbons (Fsp3) is 0.917. The van der Waals surface area contributed by atoms with Gasteiger partial charge in [-0.3, -0.25) is 4.90 Å². The van der Waals surface area contributed by atoms with Crippen LogP contribution in [0.2, 0.25) is 0 Å². The van der Waals surface area contributed by atoms with Gasteiger partial charge in [0.05, 0.1) is 25.2 Å². The maximum absolute atomic E-state index is 11.3. The highest BCUT2D eigenvalue weighted by Gasteiger charge is 2.34. The van der Waals surface area contributed by atoms with Crippen molar-refractivity contribution in [1.82, 2.24) is 4.90 Å². The van der Waals surface area contributed by atoms with Crippen LogP contribution in [0.25, 0.3) is 0 Å². The van der Waals surface area contributed by atoms with Crippen LogP contribution in [-0.4, -0.2) is 69.5 Å². The molecule has 1 unspecified atom stereocenters. The number of aliphatic hydroxyl groups is 1. The molecule has 5 nitrogen and oxygen atoms in total. The van der Waals surface area contributed by atoms with E-state index in [0.29, 0.717) is 26.3 Å². The third-order valence-corrected chi connectivity index (χ3v) is 3.17. The number of carbonyl (C=O) groups is 1. The van der Waals surface area contributed by atoms with Gasteiger partial charge in [-0.2, -0.15) is 0 Å². The fourth-order valence-electron chi connectivity index (χ4n) is 2.21. The summed E-state index contributed by atoms with van der Waals surface area (Å²) in [6.07, 6.45) is 2.81. The molecule has 1 fully saturated rings. The van der Waals surface area contributed by atoms with E-state index in [4.69, 9.17) is 14.6 Å². The predicted molar refractivity (Wildman–Crippen MR) is 64.0 cm³/mol. The van der Waals surface area contributed by atoms with Crippen LogP contribution in [0.15, 0.2) is 0 Å². The van der Waals surface area contributed by atoms with E-state index in [1.165, 1.54) is 0 Å². The van der Waals surface area contributed by atoms with Gasteiger partial charge in [-0.25, -0.2) is 0 Å². The van der Waals surface area contributed by atoms with Crippen LogP contribution in [0, 0.1) is 5.41 Å². The SMILES string of the molecule is COCCN(CCO)CC1(C=O)CCCOC1. The van der Waals surface area contributed by atoms with Gasteiger partial charge in [0.1, 0.15) is 6.29 Å². The number of carbonyl (C=O) groups excluding carboxylic acids is 1. The first-order valence-corrected chi connectivity index (χ1v) is 6.12. The van der Waals surface area contributed by atoms with Gasteiger partial charge in [-0.15, -0.1) is 0 Å². The molecule has 0 aliphatic carbocycles. The minimum Gasteiger partial charge on any atom is -0.395 e. The Morgan fingerprint density at radius 1 is 1.53 bits per heavy atom. The minimum absolute atomic E-state index is 0.0967. The summed E-state index contributed by atoms with van der Waals surface area (Å²) in [4.78, 5) is 13.4. The molecule has 100 valence electrons. The molecule has 1 heterocycles. The van der Waals surface area contributed by atoms with Crippen molar-refractivity contribution in [3.8, 4) is 0 Å². The van der Waals surface area contributed by atoms with Gasteiger partial charge in [-0.1, -0.05) is 0 Å². The normalized spacial score (nSPS) is 25.1. The molecule has 0 bridgehead atoms. The lowest BCUT2D eigenvalue weighted by Gasteiger charge is -2.36. The van der Waals surface area contributed by atoms with E-state index in [9.17, 15) is 4.79 Å². The minimum atomic E-state index is -0.402. The number of aliphatic hydroxyl groups excluding tert-OH is 1. The zero-order chi connectivity index (χ0) is 12.6. The van der Waals surface area contributed by atoms with Gasteiger partial charge >= 0.3 is 0 Å². The zero-order valence-electron chi connectivity index (χ0n) is 10.6. The second-order valence-corrected chi connectivity index (χ2v) is 4.63. The van der Waals surface area contributed by atoms with Crippen LogP contribution < -0.4 is 0 Å².